The van der Waals surface area contributed by atoms with Crippen molar-refractivity contribution < 1.29 is 4.92 Å². The van der Waals surface area contributed by atoms with Crippen LogP contribution in [0.4, 0.5) is 11.5 Å². The smallest absolute Gasteiger partial charge is 0.348 e. The second-order valence-corrected chi connectivity index (χ2v) is 5.30. The highest BCUT2D eigenvalue weighted by molar-refractivity contribution is 6.31. The maximum absolute atomic E-state index is 11.1. The predicted octanol–water partition coefficient (Wildman–Crippen LogP) is 2.52. The fourth-order valence-corrected chi connectivity index (χ4v) is 2.77. The van der Waals surface area contributed by atoms with Crippen LogP contribution in [0.3, 0.4) is 0 Å². The van der Waals surface area contributed by atoms with Crippen molar-refractivity contribution in [3.63, 3.8) is 0 Å². The topological polar surface area (TPSA) is 72.2 Å². The van der Waals surface area contributed by atoms with E-state index >= 15 is 0 Å². The maximum atomic E-state index is 11.1. The van der Waals surface area contributed by atoms with Gasteiger partial charge in [0.05, 0.1) is 4.92 Å². The number of rotatable bonds is 2. The Bertz CT molecular complexity index is 458. The molecule has 7 heteroatoms. The van der Waals surface area contributed by atoms with Crippen LogP contribution in [0.5, 0.6) is 0 Å². The molecule has 0 radical (unpaired) electrons. The van der Waals surface area contributed by atoms with Crippen LogP contribution in [0.15, 0.2) is 6.33 Å². The molecule has 98 valence electrons. The Kier molecular flexibility index (Phi) is 3.65. The minimum atomic E-state index is -0.512. The zero-order chi connectivity index (χ0) is 13.3. The lowest BCUT2D eigenvalue weighted by Crippen LogP contribution is -2.39. The van der Waals surface area contributed by atoms with Gasteiger partial charge in [-0.05, 0) is 18.3 Å². The van der Waals surface area contributed by atoms with Crippen molar-refractivity contribution in [2.24, 2.45) is 11.8 Å². The summed E-state index contributed by atoms with van der Waals surface area (Å²) in [6, 6.07) is 0. The lowest BCUT2D eigenvalue weighted by atomic mass is 9.92. The van der Waals surface area contributed by atoms with Gasteiger partial charge in [-0.25, -0.2) is 9.97 Å². The first kappa shape index (κ1) is 13.0. The van der Waals surface area contributed by atoms with Crippen molar-refractivity contribution >= 4 is 23.1 Å². The molecule has 0 bridgehead atoms. The summed E-state index contributed by atoms with van der Waals surface area (Å²) in [6.45, 7) is 5.80. The Morgan fingerprint density at radius 3 is 2.56 bits per heavy atom. The van der Waals surface area contributed by atoms with Crippen molar-refractivity contribution in [2.45, 2.75) is 20.3 Å². The Hall–Kier alpha value is -1.43. The van der Waals surface area contributed by atoms with Gasteiger partial charge in [-0.15, -0.1) is 0 Å². The molecule has 0 aliphatic carbocycles. The summed E-state index contributed by atoms with van der Waals surface area (Å²) < 4.78 is 0. The molecule has 1 fully saturated rings. The largest absolute Gasteiger partial charge is 0.350 e. The average molecular weight is 271 g/mol. The monoisotopic (exact) mass is 270 g/mol. The molecule has 0 spiro atoms. The fraction of sp³-hybridized carbons (Fsp3) is 0.636. The van der Waals surface area contributed by atoms with Gasteiger partial charge < -0.3 is 4.90 Å². The van der Waals surface area contributed by atoms with Gasteiger partial charge in [0.1, 0.15) is 6.33 Å². The van der Waals surface area contributed by atoms with Crippen LogP contribution in [-0.4, -0.2) is 28.0 Å². The molecule has 0 saturated carbocycles. The van der Waals surface area contributed by atoms with Crippen LogP contribution < -0.4 is 4.90 Å². The highest BCUT2D eigenvalue weighted by Crippen LogP contribution is 2.34. The Morgan fingerprint density at radius 1 is 1.39 bits per heavy atom. The Balaban J connectivity index is 2.38. The fourth-order valence-electron chi connectivity index (χ4n) is 2.57. The highest BCUT2D eigenvalue weighted by atomic mass is 35.5. The summed E-state index contributed by atoms with van der Waals surface area (Å²) in [6.07, 6.45) is 2.40. The molecule has 2 atom stereocenters. The zero-order valence-electron chi connectivity index (χ0n) is 10.3. The Labute approximate surface area is 110 Å². The number of nitro groups is 1. The summed E-state index contributed by atoms with van der Waals surface area (Å²) in [4.78, 5) is 20.2. The lowest BCUT2D eigenvalue weighted by molar-refractivity contribution is -0.384. The quantitative estimate of drug-likeness (QED) is 0.469. The molecule has 2 rings (SSSR count). The Morgan fingerprint density at radius 2 is 2.00 bits per heavy atom. The van der Waals surface area contributed by atoms with Crippen molar-refractivity contribution in [3.05, 3.63) is 21.6 Å². The van der Waals surface area contributed by atoms with E-state index in [0.717, 1.165) is 19.5 Å². The highest BCUT2D eigenvalue weighted by Gasteiger charge is 2.30. The summed E-state index contributed by atoms with van der Waals surface area (Å²) in [5, 5.41) is 11.0. The number of anilines is 1. The molecule has 0 N–H and O–H groups in total. The van der Waals surface area contributed by atoms with E-state index in [4.69, 9.17) is 11.6 Å². The van der Waals surface area contributed by atoms with Gasteiger partial charge in [-0.3, -0.25) is 10.1 Å². The van der Waals surface area contributed by atoms with E-state index in [1.165, 1.54) is 6.33 Å². The number of piperidine rings is 1. The number of hydrogen-bond acceptors (Lipinski definition) is 5. The summed E-state index contributed by atoms with van der Waals surface area (Å²) in [5.74, 6) is 1.31. The van der Waals surface area contributed by atoms with E-state index in [1.807, 2.05) is 4.90 Å². The molecule has 0 amide bonds. The third-order valence-corrected chi connectivity index (χ3v) is 3.39. The van der Waals surface area contributed by atoms with E-state index in [0.29, 0.717) is 17.7 Å². The molecule has 1 saturated heterocycles. The first-order chi connectivity index (χ1) is 8.49. The number of nitrogens with zero attached hydrogens (tertiary/aromatic N) is 4. The molecule has 6 nitrogen and oxygen atoms in total. The van der Waals surface area contributed by atoms with Crippen molar-refractivity contribution in [1.82, 2.24) is 9.97 Å². The van der Waals surface area contributed by atoms with E-state index in [1.54, 1.807) is 0 Å². The molecular formula is C11H15ClN4O2. The molecule has 1 aliphatic rings. The minimum Gasteiger partial charge on any atom is -0.350 e. The third-order valence-electron chi connectivity index (χ3n) is 3.11. The standard InChI is InChI=1S/C11H15ClN4O2/c1-7-3-8(2)5-15(4-7)11-9(16(17)18)10(12)13-6-14-11/h6-8H,3-5H2,1-2H3. The van der Waals surface area contributed by atoms with Crippen LogP contribution in [0.2, 0.25) is 5.15 Å². The van der Waals surface area contributed by atoms with Gasteiger partial charge in [0.2, 0.25) is 11.0 Å². The zero-order valence-corrected chi connectivity index (χ0v) is 11.1. The van der Waals surface area contributed by atoms with E-state index in [9.17, 15) is 10.1 Å². The number of aromatic nitrogens is 2. The van der Waals surface area contributed by atoms with Crippen molar-refractivity contribution in [3.8, 4) is 0 Å². The van der Waals surface area contributed by atoms with E-state index < -0.39 is 4.92 Å². The predicted molar refractivity (Wildman–Crippen MR) is 68.9 cm³/mol. The van der Waals surface area contributed by atoms with Gasteiger partial charge >= 0.3 is 5.69 Å². The normalized spacial score (nSPS) is 24.1. The summed E-state index contributed by atoms with van der Waals surface area (Å²) in [5.41, 5.74) is -0.194. The summed E-state index contributed by atoms with van der Waals surface area (Å²) >= 11 is 5.80. The molecule has 1 aliphatic heterocycles. The number of hydrogen-bond donors (Lipinski definition) is 0. The molecule has 18 heavy (non-hydrogen) atoms. The van der Waals surface area contributed by atoms with Gasteiger partial charge in [-0.2, -0.15) is 0 Å². The third kappa shape index (κ3) is 2.53. The van der Waals surface area contributed by atoms with E-state index in [-0.39, 0.29) is 10.8 Å². The molecule has 0 aromatic carbocycles. The SMILES string of the molecule is CC1CC(C)CN(c2ncnc(Cl)c2[N+](=O)[O-])C1. The lowest BCUT2D eigenvalue weighted by Gasteiger charge is -2.35. The van der Waals surface area contributed by atoms with Crippen LogP contribution in [0.1, 0.15) is 20.3 Å². The van der Waals surface area contributed by atoms with Crippen molar-refractivity contribution in [2.75, 3.05) is 18.0 Å². The van der Waals surface area contributed by atoms with Crippen molar-refractivity contribution in [1.29, 1.82) is 0 Å². The van der Waals surface area contributed by atoms with Crippen LogP contribution in [0.25, 0.3) is 0 Å². The molecular weight excluding hydrogens is 256 g/mol. The summed E-state index contributed by atoms with van der Waals surface area (Å²) in [7, 11) is 0. The number of halogens is 1. The minimum absolute atomic E-state index is 0.101. The molecule has 2 heterocycles. The molecule has 2 unspecified atom stereocenters. The van der Waals surface area contributed by atoms with Crippen LogP contribution >= 0.6 is 11.6 Å². The van der Waals surface area contributed by atoms with E-state index in [2.05, 4.69) is 23.8 Å². The van der Waals surface area contributed by atoms with Gasteiger partial charge in [0.15, 0.2) is 0 Å². The van der Waals surface area contributed by atoms with Gasteiger partial charge in [0.25, 0.3) is 0 Å². The average Bonchev–Trinajstić information content (AvgIpc) is 2.26. The van der Waals surface area contributed by atoms with Crippen LogP contribution in [-0.2, 0) is 0 Å². The molecule has 1 aromatic rings. The second-order valence-electron chi connectivity index (χ2n) is 4.94. The first-order valence-electron chi connectivity index (χ1n) is 5.89. The van der Waals surface area contributed by atoms with Crippen LogP contribution in [0, 0.1) is 22.0 Å². The first-order valence-corrected chi connectivity index (χ1v) is 6.26. The maximum Gasteiger partial charge on any atom is 0.348 e. The molecule has 1 aromatic heterocycles. The van der Waals surface area contributed by atoms with Gasteiger partial charge in [0, 0.05) is 13.1 Å². The van der Waals surface area contributed by atoms with Gasteiger partial charge in [-0.1, -0.05) is 25.4 Å². The second kappa shape index (κ2) is 5.06.